The van der Waals surface area contributed by atoms with Crippen molar-refractivity contribution in [3.8, 4) is 0 Å². The van der Waals surface area contributed by atoms with Gasteiger partial charge in [0.2, 0.25) is 0 Å². The highest BCUT2D eigenvalue weighted by Crippen LogP contribution is 2.25. The normalized spacial score (nSPS) is 10.2. The van der Waals surface area contributed by atoms with Crippen LogP contribution in [0.25, 0.3) is 0 Å². The van der Waals surface area contributed by atoms with Crippen LogP contribution in [0.1, 0.15) is 10.4 Å². The quantitative estimate of drug-likeness (QED) is 0.755. The number of carbonyl (C=O) groups is 1. The zero-order chi connectivity index (χ0) is 14.0. The molecule has 0 bridgehead atoms. The molecule has 0 aliphatic carbocycles. The Balaban J connectivity index is 2.40. The third-order valence-electron chi connectivity index (χ3n) is 2.39. The minimum absolute atomic E-state index is 0.00270. The molecule has 1 amide bonds. The van der Waals surface area contributed by atoms with E-state index in [-0.39, 0.29) is 16.9 Å². The van der Waals surface area contributed by atoms with Crippen molar-refractivity contribution in [2.75, 3.05) is 11.1 Å². The predicted molar refractivity (Wildman–Crippen MR) is 74.5 cm³/mol. The Hall–Kier alpha value is -2.15. The molecule has 2 rings (SSSR count). The fourth-order valence-corrected chi connectivity index (χ4v) is 1.90. The molecule has 5 N–H and O–H groups in total. The molecule has 0 saturated carbocycles. The van der Waals surface area contributed by atoms with E-state index in [1.165, 1.54) is 12.3 Å². The van der Waals surface area contributed by atoms with Gasteiger partial charge in [-0.25, -0.2) is 4.39 Å². The number of halogens is 2. The molecule has 1 aromatic heterocycles. The van der Waals surface area contributed by atoms with E-state index in [4.69, 9.17) is 11.5 Å². The molecule has 0 unspecified atom stereocenters. The van der Waals surface area contributed by atoms with Crippen molar-refractivity contribution < 1.29 is 9.18 Å². The molecule has 98 valence electrons. The summed E-state index contributed by atoms with van der Waals surface area (Å²) in [7, 11) is 0. The number of hydrogen-bond donors (Lipinski definition) is 3. The summed E-state index contributed by atoms with van der Waals surface area (Å²) in [5.74, 6) is -1.30. The third-order valence-corrected chi connectivity index (χ3v) is 2.82. The summed E-state index contributed by atoms with van der Waals surface area (Å²) in [4.78, 5) is 15.1. The molecule has 0 spiro atoms. The number of rotatable bonds is 3. The maximum absolute atomic E-state index is 13.8. The summed E-state index contributed by atoms with van der Waals surface area (Å²) in [5, 5.41) is 2.80. The number of hydrogen-bond acceptors (Lipinski definition) is 4. The van der Waals surface area contributed by atoms with Crippen molar-refractivity contribution in [3.05, 3.63) is 46.4 Å². The van der Waals surface area contributed by atoms with Gasteiger partial charge in [-0.3, -0.25) is 9.78 Å². The molecular weight excluding hydrogens is 315 g/mol. The first-order valence-corrected chi connectivity index (χ1v) is 6.03. The van der Waals surface area contributed by atoms with Crippen molar-refractivity contribution in [2.45, 2.75) is 0 Å². The van der Waals surface area contributed by atoms with E-state index < -0.39 is 11.7 Å². The lowest BCUT2D eigenvalue weighted by molar-refractivity contribution is 0.100. The highest BCUT2D eigenvalue weighted by Gasteiger charge is 2.12. The Morgan fingerprint density at radius 1 is 1.32 bits per heavy atom. The molecule has 1 aromatic carbocycles. The summed E-state index contributed by atoms with van der Waals surface area (Å²) >= 11 is 3.25. The molecule has 19 heavy (non-hydrogen) atoms. The number of primary amides is 1. The summed E-state index contributed by atoms with van der Waals surface area (Å²) in [6, 6.07) is 4.04. The number of nitrogen functional groups attached to an aromatic ring is 1. The van der Waals surface area contributed by atoms with Crippen LogP contribution in [0.4, 0.5) is 21.5 Å². The molecule has 1 heterocycles. The van der Waals surface area contributed by atoms with Crippen LogP contribution in [0.2, 0.25) is 0 Å². The van der Waals surface area contributed by atoms with Gasteiger partial charge in [-0.1, -0.05) is 0 Å². The highest BCUT2D eigenvalue weighted by molar-refractivity contribution is 9.10. The van der Waals surface area contributed by atoms with Gasteiger partial charge >= 0.3 is 0 Å². The van der Waals surface area contributed by atoms with Crippen LogP contribution in [0.5, 0.6) is 0 Å². The van der Waals surface area contributed by atoms with Gasteiger partial charge in [0.1, 0.15) is 5.82 Å². The number of benzene rings is 1. The largest absolute Gasteiger partial charge is 0.398 e. The second-order valence-corrected chi connectivity index (χ2v) is 4.72. The maximum atomic E-state index is 13.8. The van der Waals surface area contributed by atoms with Gasteiger partial charge in [0, 0.05) is 16.4 Å². The molecule has 5 nitrogen and oxygen atoms in total. The van der Waals surface area contributed by atoms with Crippen LogP contribution in [0.15, 0.2) is 35.1 Å². The van der Waals surface area contributed by atoms with Gasteiger partial charge in [0.15, 0.2) is 0 Å². The van der Waals surface area contributed by atoms with Gasteiger partial charge < -0.3 is 16.8 Å². The fourth-order valence-electron chi connectivity index (χ4n) is 1.53. The Bertz CT molecular complexity index is 648. The van der Waals surface area contributed by atoms with E-state index in [0.29, 0.717) is 5.69 Å². The Morgan fingerprint density at radius 3 is 2.68 bits per heavy atom. The standard InChI is InChI=1S/C12H10BrFN4O/c13-6-1-7(5-17-4-6)18-11-2-8(12(16)19)10(15)3-9(11)14/h1-5,18H,15H2,(H2,16,19). The lowest BCUT2D eigenvalue weighted by Crippen LogP contribution is -2.14. The smallest absolute Gasteiger partial charge is 0.250 e. The zero-order valence-electron chi connectivity index (χ0n) is 9.65. The molecule has 2 aromatic rings. The summed E-state index contributed by atoms with van der Waals surface area (Å²) in [6.07, 6.45) is 3.11. The van der Waals surface area contributed by atoms with Gasteiger partial charge in [-0.05, 0) is 34.1 Å². The van der Waals surface area contributed by atoms with Crippen molar-refractivity contribution >= 4 is 38.9 Å². The maximum Gasteiger partial charge on any atom is 0.250 e. The van der Waals surface area contributed by atoms with E-state index in [1.54, 1.807) is 12.3 Å². The Morgan fingerprint density at radius 2 is 2.05 bits per heavy atom. The van der Waals surface area contributed by atoms with E-state index in [9.17, 15) is 9.18 Å². The lowest BCUT2D eigenvalue weighted by atomic mass is 10.1. The summed E-state index contributed by atoms with van der Waals surface area (Å²) in [6.45, 7) is 0. The van der Waals surface area contributed by atoms with Crippen LogP contribution < -0.4 is 16.8 Å². The molecule has 0 saturated heterocycles. The van der Waals surface area contributed by atoms with Gasteiger partial charge in [0.25, 0.3) is 5.91 Å². The first-order valence-electron chi connectivity index (χ1n) is 5.24. The molecule has 0 aliphatic heterocycles. The fraction of sp³-hybridized carbons (Fsp3) is 0. The minimum Gasteiger partial charge on any atom is -0.398 e. The van der Waals surface area contributed by atoms with Crippen molar-refractivity contribution in [2.24, 2.45) is 5.73 Å². The van der Waals surface area contributed by atoms with Gasteiger partial charge in [-0.2, -0.15) is 0 Å². The molecule has 0 fully saturated rings. The zero-order valence-corrected chi connectivity index (χ0v) is 11.2. The van der Waals surface area contributed by atoms with Crippen LogP contribution in [-0.4, -0.2) is 10.9 Å². The molecule has 7 heteroatoms. The van der Waals surface area contributed by atoms with Gasteiger partial charge in [-0.15, -0.1) is 0 Å². The average molecular weight is 325 g/mol. The first-order chi connectivity index (χ1) is 8.97. The monoisotopic (exact) mass is 324 g/mol. The van der Waals surface area contributed by atoms with Crippen LogP contribution in [0.3, 0.4) is 0 Å². The number of pyridine rings is 1. The van der Waals surface area contributed by atoms with Crippen molar-refractivity contribution in [3.63, 3.8) is 0 Å². The molecule has 0 radical (unpaired) electrons. The van der Waals surface area contributed by atoms with Crippen molar-refractivity contribution in [1.29, 1.82) is 0 Å². The number of nitrogens with one attached hydrogen (secondary N) is 1. The molecule has 0 aliphatic rings. The average Bonchev–Trinajstić information content (AvgIpc) is 2.32. The van der Waals surface area contributed by atoms with Gasteiger partial charge in [0.05, 0.1) is 23.1 Å². The van der Waals surface area contributed by atoms with Crippen LogP contribution >= 0.6 is 15.9 Å². The minimum atomic E-state index is -0.715. The number of carbonyl (C=O) groups excluding carboxylic acids is 1. The molecular formula is C12H10BrFN4O. The summed E-state index contributed by atoms with van der Waals surface area (Å²) in [5.41, 5.74) is 11.4. The Kier molecular flexibility index (Phi) is 3.66. The van der Waals surface area contributed by atoms with Crippen molar-refractivity contribution in [1.82, 2.24) is 4.98 Å². The first kappa shape index (κ1) is 13.3. The van der Waals surface area contributed by atoms with E-state index in [1.807, 2.05) is 0 Å². The Labute approximate surface area is 116 Å². The van der Waals surface area contributed by atoms with E-state index in [2.05, 4.69) is 26.2 Å². The third kappa shape index (κ3) is 3.00. The number of nitrogens with zero attached hydrogens (tertiary/aromatic N) is 1. The van der Waals surface area contributed by atoms with Crippen LogP contribution in [0, 0.1) is 5.82 Å². The second kappa shape index (κ2) is 5.23. The SMILES string of the molecule is NC(=O)c1cc(Nc2cncc(Br)c2)c(F)cc1N. The highest BCUT2D eigenvalue weighted by atomic mass is 79.9. The topological polar surface area (TPSA) is 94.0 Å². The number of nitrogens with two attached hydrogens (primary N) is 2. The lowest BCUT2D eigenvalue weighted by Gasteiger charge is -2.10. The van der Waals surface area contributed by atoms with E-state index in [0.717, 1.165) is 10.5 Å². The number of anilines is 3. The van der Waals surface area contributed by atoms with E-state index >= 15 is 0 Å². The number of amides is 1. The molecule has 0 atom stereocenters. The summed E-state index contributed by atoms with van der Waals surface area (Å²) < 4.78 is 14.5. The number of aromatic nitrogens is 1. The second-order valence-electron chi connectivity index (χ2n) is 3.80. The van der Waals surface area contributed by atoms with Crippen LogP contribution in [-0.2, 0) is 0 Å². The predicted octanol–water partition coefficient (Wildman–Crippen LogP) is 2.41.